The standard InChI is InChI=1S/2C9H11.2C8H8.2C5H5.2ClH.2Hf/c2*1-2-5-9-7-3-6-8(9)4-1;2*1-2-8-6-4-3-5-7-8;2*1-2-4-5-3-1;;;;/h2*3,6-7H,1-2,4-5H2;2*3-7H,1H3;2*1-3H,4H2;2*1H;;/q2*-1;;;2*-1;;;2*+2. The average molecular weight is 1010 g/mol. The number of allylic oxidation sites excluding steroid dienone is 8. The van der Waals surface area contributed by atoms with E-state index in [1.54, 1.807) is 22.3 Å². The van der Waals surface area contributed by atoms with Crippen LogP contribution >= 0.6 is 24.8 Å². The Labute approximate surface area is 333 Å². The largest absolute Gasteiger partial charge is 0.273 e. The third-order valence-corrected chi connectivity index (χ3v) is 9.96. The fourth-order valence-corrected chi connectivity index (χ4v) is 6.48. The summed E-state index contributed by atoms with van der Waals surface area (Å²) < 4.78 is 3.02. The number of benzene rings is 2. The third kappa shape index (κ3) is 18.8. The summed E-state index contributed by atoms with van der Waals surface area (Å²) in [5, 5.41) is 0. The Balaban J connectivity index is 0.000000290. The summed E-state index contributed by atoms with van der Waals surface area (Å²) in [7, 11) is 0. The summed E-state index contributed by atoms with van der Waals surface area (Å²) in [5.41, 5.74) is 9.18. The summed E-state index contributed by atoms with van der Waals surface area (Å²) in [4.78, 5) is 0. The van der Waals surface area contributed by atoms with Crippen LogP contribution in [0.3, 0.4) is 0 Å². The molecule has 0 atom stereocenters. The Bertz CT molecular complexity index is 1360. The van der Waals surface area contributed by atoms with Crippen molar-refractivity contribution in [3.63, 3.8) is 0 Å². The van der Waals surface area contributed by atoms with E-state index in [0.29, 0.717) is 0 Å². The van der Waals surface area contributed by atoms with E-state index in [-0.39, 0.29) is 24.8 Å². The van der Waals surface area contributed by atoms with Crippen LogP contribution in [0.4, 0.5) is 0 Å². The minimum atomic E-state index is 0. The molecule has 0 unspecified atom stereocenters. The third-order valence-electron chi connectivity index (χ3n) is 7.88. The molecule has 8 rings (SSSR count). The van der Waals surface area contributed by atoms with Gasteiger partial charge in [-0.1, -0.05) is 51.4 Å². The molecular weight excluding hydrogens is 956 g/mol. The van der Waals surface area contributed by atoms with E-state index in [0.717, 1.165) is 12.8 Å². The van der Waals surface area contributed by atoms with Gasteiger partial charge in [0.25, 0.3) is 0 Å². The van der Waals surface area contributed by atoms with Crippen molar-refractivity contribution in [3.8, 4) is 0 Å². The number of aryl methyl sites for hydroxylation is 4. The maximum atomic E-state index is 2.99. The van der Waals surface area contributed by atoms with Gasteiger partial charge < -0.3 is 0 Å². The van der Waals surface area contributed by atoms with Gasteiger partial charge in [0, 0.05) is 0 Å². The number of halogens is 2. The quantitative estimate of drug-likeness (QED) is 0.139. The summed E-state index contributed by atoms with van der Waals surface area (Å²) in [5.74, 6) is 0. The normalized spacial score (nSPS) is 13.6. The zero-order valence-corrected chi connectivity index (χ0v) is 37.4. The van der Waals surface area contributed by atoms with Gasteiger partial charge >= 0.3 is 140 Å². The average Bonchev–Trinajstić information content (AvgIpc) is 3.96. The van der Waals surface area contributed by atoms with Gasteiger partial charge in [-0.3, -0.25) is 12.2 Å². The molecular formula is C44H50Cl2Hf2. The molecule has 48 heavy (non-hydrogen) atoms. The Hall–Kier alpha value is -1.84. The second-order valence-electron chi connectivity index (χ2n) is 11.6. The van der Waals surface area contributed by atoms with Crippen LogP contribution in [0.5, 0.6) is 0 Å². The molecule has 0 saturated heterocycles. The van der Waals surface area contributed by atoms with Gasteiger partial charge in [0.1, 0.15) is 0 Å². The van der Waals surface area contributed by atoms with E-state index in [1.165, 1.54) is 117 Å². The van der Waals surface area contributed by atoms with Gasteiger partial charge in [-0.25, -0.2) is 36.4 Å². The second kappa shape index (κ2) is 27.9. The summed E-state index contributed by atoms with van der Waals surface area (Å²) in [6.45, 7) is 4.36. The van der Waals surface area contributed by atoms with Crippen molar-refractivity contribution in [3.05, 3.63) is 179 Å². The first-order valence-electron chi connectivity index (χ1n) is 16.7. The molecule has 4 heteroatoms. The molecule has 0 N–H and O–H groups in total. The van der Waals surface area contributed by atoms with Crippen LogP contribution in [-0.2, 0) is 73.5 Å². The van der Waals surface area contributed by atoms with Crippen LogP contribution in [0.1, 0.15) is 85.8 Å². The van der Waals surface area contributed by atoms with Crippen LogP contribution in [-0.4, -0.2) is 6.51 Å². The van der Waals surface area contributed by atoms with Crippen molar-refractivity contribution >= 4 is 31.3 Å². The van der Waals surface area contributed by atoms with Crippen molar-refractivity contribution < 1.29 is 47.8 Å². The number of hydrogen-bond acceptors (Lipinski definition) is 0. The van der Waals surface area contributed by atoms with Crippen LogP contribution < -0.4 is 0 Å². The number of fused-ring (bicyclic) bond motifs is 2. The van der Waals surface area contributed by atoms with E-state index in [9.17, 15) is 0 Å². The molecule has 0 bridgehead atoms. The summed E-state index contributed by atoms with van der Waals surface area (Å²) >= 11 is 2.35. The van der Waals surface area contributed by atoms with Crippen LogP contribution in [0, 0.1) is 12.2 Å². The molecule has 0 aliphatic heterocycles. The van der Waals surface area contributed by atoms with Gasteiger partial charge in [0.15, 0.2) is 0 Å². The zero-order chi connectivity index (χ0) is 32.7. The molecule has 4 aromatic carbocycles. The minimum absolute atomic E-state index is 0. The van der Waals surface area contributed by atoms with E-state index < -0.39 is 0 Å². The second-order valence-corrected chi connectivity index (χ2v) is 16.9. The van der Waals surface area contributed by atoms with Crippen molar-refractivity contribution in [2.24, 2.45) is 0 Å². The van der Waals surface area contributed by atoms with E-state index in [1.807, 2.05) is 36.4 Å². The number of rotatable bonds is 2. The van der Waals surface area contributed by atoms with Crippen molar-refractivity contribution in [2.75, 3.05) is 0 Å². The minimum Gasteiger partial charge on any atom is -0.273 e. The maximum absolute atomic E-state index is 2.99. The van der Waals surface area contributed by atoms with Gasteiger partial charge in [-0.2, -0.15) is 58.7 Å². The predicted octanol–water partition coefficient (Wildman–Crippen LogP) is 11.6. The van der Waals surface area contributed by atoms with Crippen molar-refractivity contribution in [2.45, 2.75) is 78.1 Å². The predicted molar refractivity (Wildman–Crippen MR) is 207 cm³/mol. The molecule has 0 nitrogen and oxygen atoms in total. The molecule has 0 fully saturated rings. The molecule has 4 aliphatic carbocycles. The monoisotopic (exact) mass is 1010 g/mol. The Morgan fingerprint density at radius 2 is 0.917 bits per heavy atom. The SMILES string of the molecule is C[C](=[Hf+2])c1ccccc1.C[C](=[Hf+2])c1ccccc1.Cl.Cl.[C-]1=CC=CC1.[C-]1=CC=CC1.c1cc2c([cH-]1)CCCC2.c1cc2c([cH-]1)CCCC2. The molecule has 0 amide bonds. The first-order chi connectivity index (χ1) is 22.5. The molecule has 0 radical (unpaired) electrons. The van der Waals surface area contributed by atoms with E-state index in [2.05, 4.69) is 123 Å². The van der Waals surface area contributed by atoms with Gasteiger partial charge in [0.2, 0.25) is 0 Å². The smallest absolute Gasteiger partial charge is 0.0512 e. The van der Waals surface area contributed by atoms with Gasteiger partial charge in [-0.05, 0) is 0 Å². The fraction of sp³-hybridized carbons (Fsp3) is 0.273. The number of hydrogen-bond donors (Lipinski definition) is 0. The summed E-state index contributed by atoms with van der Waals surface area (Å²) in [6, 6.07) is 34.4. The van der Waals surface area contributed by atoms with Gasteiger partial charge in [0.05, 0.1) is 0 Å². The molecule has 0 heterocycles. The molecule has 0 saturated carbocycles. The molecule has 248 valence electrons. The van der Waals surface area contributed by atoms with Crippen LogP contribution in [0.15, 0.2) is 134 Å². The first-order valence-corrected chi connectivity index (χ1v) is 20.3. The van der Waals surface area contributed by atoms with Crippen molar-refractivity contribution in [1.82, 2.24) is 0 Å². The van der Waals surface area contributed by atoms with E-state index in [4.69, 9.17) is 0 Å². The molecule has 0 aromatic heterocycles. The zero-order valence-electron chi connectivity index (χ0n) is 28.6. The first kappa shape index (κ1) is 44.2. The molecule has 4 aliphatic rings. The maximum Gasteiger partial charge on any atom is -0.0512 e. The summed E-state index contributed by atoms with van der Waals surface area (Å²) in [6.07, 6.45) is 30.9. The van der Waals surface area contributed by atoms with Crippen LogP contribution in [0.25, 0.3) is 0 Å². The Morgan fingerprint density at radius 3 is 1.17 bits per heavy atom. The molecule has 0 spiro atoms. The Morgan fingerprint density at radius 1 is 0.542 bits per heavy atom. The fourth-order valence-electron chi connectivity index (χ4n) is 5.28. The van der Waals surface area contributed by atoms with E-state index >= 15 is 0 Å². The van der Waals surface area contributed by atoms with Gasteiger partial charge in [-0.15, -0.1) is 37.7 Å². The van der Waals surface area contributed by atoms with Crippen LogP contribution in [0.2, 0.25) is 0 Å². The topological polar surface area (TPSA) is 0 Å². The van der Waals surface area contributed by atoms with Crippen molar-refractivity contribution in [1.29, 1.82) is 0 Å². The Kier molecular flexibility index (Phi) is 25.7. The molecule has 4 aromatic rings.